The van der Waals surface area contributed by atoms with Crippen LogP contribution in [0.15, 0.2) is 72.9 Å². The number of aryl methyl sites for hydroxylation is 1. The zero-order valence-corrected chi connectivity index (χ0v) is 19.6. The quantitative estimate of drug-likeness (QED) is 0.343. The Hall–Kier alpha value is -3.71. The molecule has 170 valence electrons. The summed E-state index contributed by atoms with van der Waals surface area (Å²) in [5.74, 6) is -0.188. The first-order chi connectivity index (χ1) is 16.5. The van der Waals surface area contributed by atoms with Gasteiger partial charge in [0.15, 0.2) is 4.96 Å². The molecule has 0 bridgehead atoms. The van der Waals surface area contributed by atoms with Gasteiger partial charge in [0.1, 0.15) is 5.82 Å². The van der Waals surface area contributed by atoms with Crippen molar-refractivity contribution in [2.45, 2.75) is 6.92 Å². The molecule has 7 heteroatoms. The summed E-state index contributed by atoms with van der Waals surface area (Å²) >= 11 is 1.60. The lowest BCUT2D eigenvalue weighted by Gasteiger charge is -2.36. The molecule has 6 rings (SSSR count). The molecule has 3 heterocycles. The summed E-state index contributed by atoms with van der Waals surface area (Å²) in [6, 6.07) is 20.8. The first-order valence-electron chi connectivity index (χ1n) is 11.3. The van der Waals surface area contributed by atoms with E-state index in [1.165, 1.54) is 17.7 Å². The second-order valence-corrected chi connectivity index (χ2v) is 9.69. The number of carbonyl (C=O) groups is 1. The van der Waals surface area contributed by atoms with E-state index in [0.717, 1.165) is 45.2 Å². The van der Waals surface area contributed by atoms with Crippen molar-refractivity contribution >= 4 is 38.1 Å². The fourth-order valence-corrected chi connectivity index (χ4v) is 5.55. The van der Waals surface area contributed by atoms with Crippen LogP contribution in [0.3, 0.4) is 0 Å². The molecule has 1 fully saturated rings. The zero-order valence-electron chi connectivity index (χ0n) is 18.7. The Morgan fingerprint density at radius 2 is 1.68 bits per heavy atom. The van der Waals surface area contributed by atoms with Crippen LogP contribution in [0.5, 0.6) is 0 Å². The standard InChI is InChI=1S/C27H23FN4OS/c1-18-2-4-19(5-3-18)23-17-32-24-11-6-20(16-25(24)34-27(32)29-23)26(33)31-14-12-30(13-15-31)22-9-7-21(28)8-10-22/h2-11,16-17H,12-15H2,1H3. The molecule has 34 heavy (non-hydrogen) atoms. The molecule has 1 amide bonds. The molecule has 1 aliphatic rings. The minimum absolute atomic E-state index is 0.0482. The lowest BCUT2D eigenvalue weighted by atomic mass is 10.1. The normalized spacial score (nSPS) is 14.3. The summed E-state index contributed by atoms with van der Waals surface area (Å²) < 4.78 is 16.4. The molecule has 0 N–H and O–H groups in total. The average molecular weight is 471 g/mol. The zero-order chi connectivity index (χ0) is 23.2. The summed E-state index contributed by atoms with van der Waals surface area (Å²) in [5, 5.41) is 0. The van der Waals surface area contributed by atoms with E-state index in [1.54, 1.807) is 23.5 Å². The van der Waals surface area contributed by atoms with Crippen LogP contribution in [-0.2, 0) is 0 Å². The van der Waals surface area contributed by atoms with Gasteiger partial charge in [0.2, 0.25) is 0 Å². The van der Waals surface area contributed by atoms with Gasteiger partial charge in [0.25, 0.3) is 5.91 Å². The lowest BCUT2D eigenvalue weighted by molar-refractivity contribution is 0.0747. The van der Waals surface area contributed by atoms with E-state index in [4.69, 9.17) is 4.98 Å². The molecule has 5 nitrogen and oxygen atoms in total. The number of imidazole rings is 1. The number of nitrogens with zero attached hydrogens (tertiary/aromatic N) is 4. The van der Waals surface area contributed by atoms with Crippen LogP contribution >= 0.6 is 11.3 Å². The van der Waals surface area contributed by atoms with E-state index >= 15 is 0 Å². The van der Waals surface area contributed by atoms with E-state index in [9.17, 15) is 9.18 Å². The lowest BCUT2D eigenvalue weighted by Crippen LogP contribution is -2.48. The van der Waals surface area contributed by atoms with Gasteiger partial charge in [-0.3, -0.25) is 9.20 Å². The monoisotopic (exact) mass is 470 g/mol. The van der Waals surface area contributed by atoms with E-state index in [1.807, 2.05) is 23.1 Å². The van der Waals surface area contributed by atoms with Crippen molar-refractivity contribution in [3.8, 4) is 11.3 Å². The summed E-state index contributed by atoms with van der Waals surface area (Å²) in [6.45, 7) is 4.82. The fraction of sp³-hybridized carbons (Fsp3) is 0.185. The predicted molar refractivity (Wildman–Crippen MR) is 135 cm³/mol. The molecular formula is C27H23FN4OS. The Morgan fingerprint density at radius 3 is 2.41 bits per heavy atom. The average Bonchev–Trinajstić information content (AvgIpc) is 3.42. The van der Waals surface area contributed by atoms with Crippen molar-refractivity contribution in [2.75, 3.05) is 31.1 Å². The molecule has 2 aromatic heterocycles. The third-order valence-corrected chi connectivity index (χ3v) is 7.46. The molecule has 1 saturated heterocycles. The van der Waals surface area contributed by atoms with E-state index in [2.05, 4.69) is 46.7 Å². The van der Waals surface area contributed by atoms with Crippen LogP contribution in [0.25, 0.3) is 26.4 Å². The Kier molecular flexibility index (Phi) is 5.07. The number of thiazole rings is 1. The van der Waals surface area contributed by atoms with E-state index in [0.29, 0.717) is 18.7 Å². The Labute approximate surface area is 200 Å². The molecule has 5 aromatic rings. The molecule has 3 aromatic carbocycles. The molecular weight excluding hydrogens is 447 g/mol. The number of aromatic nitrogens is 2. The number of benzene rings is 3. The smallest absolute Gasteiger partial charge is 0.254 e. The van der Waals surface area contributed by atoms with Gasteiger partial charge < -0.3 is 9.80 Å². The van der Waals surface area contributed by atoms with Gasteiger partial charge >= 0.3 is 0 Å². The van der Waals surface area contributed by atoms with Crippen LogP contribution in [0.2, 0.25) is 0 Å². The molecule has 0 aliphatic carbocycles. The van der Waals surface area contributed by atoms with Gasteiger partial charge in [-0.1, -0.05) is 41.2 Å². The van der Waals surface area contributed by atoms with Crippen LogP contribution in [0.4, 0.5) is 10.1 Å². The topological polar surface area (TPSA) is 40.9 Å². The maximum atomic E-state index is 13.2. The first kappa shape index (κ1) is 20.9. The number of anilines is 1. The highest BCUT2D eigenvalue weighted by Gasteiger charge is 2.23. The highest BCUT2D eigenvalue weighted by molar-refractivity contribution is 7.23. The highest BCUT2D eigenvalue weighted by Crippen LogP contribution is 2.30. The van der Waals surface area contributed by atoms with Crippen molar-refractivity contribution in [3.63, 3.8) is 0 Å². The fourth-order valence-electron chi connectivity index (χ4n) is 4.50. The Morgan fingerprint density at radius 1 is 0.941 bits per heavy atom. The third kappa shape index (κ3) is 3.72. The minimum atomic E-state index is -0.236. The molecule has 0 unspecified atom stereocenters. The molecule has 0 spiro atoms. The number of hydrogen-bond acceptors (Lipinski definition) is 4. The van der Waals surface area contributed by atoms with Gasteiger partial charge in [-0.05, 0) is 49.4 Å². The largest absolute Gasteiger partial charge is 0.368 e. The summed E-state index contributed by atoms with van der Waals surface area (Å²) in [4.78, 5) is 23.0. The van der Waals surface area contributed by atoms with Gasteiger partial charge in [0.05, 0.1) is 15.9 Å². The van der Waals surface area contributed by atoms with Gasteiger partial charge in [-0.25, -0.2) is 9.37 Å². The van der Waals surface area contributed by atoms with Crippen molar-refractivity contribution < 1.29 is 9.18 Å². The van der Waals surface area contributed by atoms with E-state index in [-0.39, 0.29) is 11.7 Å². The Balaban J connectivity index is 1.20. The van der Waals surface area contributed by atoms with Crippen molar-refractivity contribution in [1.82, 2.24) is 14.3 Å². The molecule has 1 aliphatic heterocycles. The predicted octanol–water partition coefficient (Wildman–Crippen LogP) is 5.63. The Bertz CT molecular complexity index is 1500. The first-order valence-corrected chi connectivity index (χ1v) is 12.2. The number of halogens is 1. The minimum Gasteiger partial charge on any atom is -0.368 e. The van der Waals surface area contributed by atoms with Crippen molar-refractivity contribution in [1.29, 1.82) is 0 Å². The summed E-state index contributed by atoms with van der Waals surface area (Å²) in [5.41, 5.74) is 6.02. The second kappa shape index (κ2) is 8.25. The van der Waals surface area contributed by atoms with Gasteiger partial charge in [-0.15, -0.1) is 0 Å². The van der Waals surface area contributed by atoms with Gasteiger partial charge in [0, 0.05) is 49.2 Å². The molecule has 0 atom stereocenters. The van der Waals surface area contributed by atoms with E-state index < -0.39 is 0 Å². The number of amides is 1. The third-order valence-electron chi connectivity index (χ3n) is 6.45. The maximum absolute atomic E-state index is 13.2. The number of carbonyl (C=O) groups excluding carboxylic acids is 1. The number of piperazine rings is 1. The van der Waals surface area contributed by atoms with Crippen LogP contribution < -0.4 is 4.90 Å². The van der Waals surface area contributed by atoms with Crippen molar-refractivity contribution in [2.24, 2.45) is 0 Å². The molecule has 0 radical (unpaired) electrons. The van der Waals surface area contributed by atoms with Crippen molar-refractivity contribution in [3.05, 3.63) is 89.9 Å². The van der Waals surface area contributed by atoms with Crippen LogP contribution in [0.1, 0.15) is 15.9 Å². The second-order valence-electron chi connectivity index (χ2n) is 8.68. The maximum Gasteiger partial charge on any atom is 0.254 e. The van der Waals surface area contributed by atoms with Crippen LogP contribution in [-0.4, -0.2) is 46.4 Å². The summed E-state index contributed by atoms with van der Waals surface area (Å²) in [6.07, 6.45) is 2.06. The number of hydrogen-bond donors (Lipinski definition) is 0. The highest BCUT2D eigenvalue weighted by atomic mass is 32.1. The number of fused-ring (bicyclic) bond motifs is 3. The molecule has 0 saturated carbocycles. The SMILES string of the molecule is Cc1ccc(-c2cn3c(n2)sc2cc(C(=O)N4CCN(c5ccc(F)cc5)CC4)ccc23)cc1. The summed E-state index contributed by atoms with van der Waals surface area (Å²) in [7, 11) is 0. The number of rotatable bonds is 3. The van der Waals surface area contributed by atoms with Crippen LogP contribution in [0, 0.1) is 12.7 Å². The van der Waals surface area contributed by atoms with Gasteiger partial charge in [-0.2, -0.15) is 0 Å².